The molecule has 2 unspecified atom stereocenters. The summed E-state index contributed by atoms with van der Waals surface area (Å²) >= 11 is 1.67. The van der Waals surface area contributed by atoms with E-state index in [1.807, 2.05) is 12.3 Å². The third kappa shape index (κ3) is 4.95. The minimum Gasteiger partial charge on any atom is -0.392 e. The number of nitrogens with zero attached hydrogens (tertiary/aromatic N) is 1. The van der Waals surface area contributed by atoms with E-state index in [1.54, 1.807) is 11.3 Å². The van der Waals surface area contributed by atoms with Gasteiger partial charge in [0.1, 0.15) is 0 Å². The predicted molar refractivity (Wildman–Crippen MR) is 89.2 cm³/mol. The van der Waals surface area contributed by atoms with Crippen LogP contribution in [0.5, 0.6) is 0 Å². The molecule has 2 rings (SSSR count). The first-order valence-corrected chi connectivity index (χ1v) is 8.98. The van der Waals surface area contributed by atoms with Crippen molar-refractivity contribution in [2.75, 3.05) is 13.1 Å². The minimum atomic E-state index is -0.310. The van der Waals surface area contributed by atoms with Gasteiger partial charge in [-0.2, -0.15) is 0 Å². The Hall–Kier alpha value is -1.14. The quantitative estimate of drug-likeness (QED) is 0.704. The summed E-state index contributed by atoms with van der Waals surface area (Å²) in [5.41, 5.74) is 0.874. The molecular formula is C16H27N3O2S. The molecule has 2 amide bonds. The molecule has 1 aromatic heterocycles. The Morgan fingerprint density at radius 3 is 3.00 bits per heavy atom. The van der Waals surface area contributed by atoms with Crippen molar-refractivity contribution >= 4 is 17.4 Å². The zero-order chi connectivity index (χ0) is 16.0. The van der Waals surface area contributed by atoms with Crippen LogP contribution in [0, 0.1) is 12.3 Å². The highest BCUT2D eigenvalue weighted by Crippen LogP contribution is 2.35. The summed E-state index contributed by atoms with van der Waals surface area (Å²) in [5, 5.41) is 19.1. The summed E-state index contributed by atoms with van der Waals surface area (Å²) in [6, 6.07) is -0.144. The van der Waals surface area contributed by atoms with Crippen molar-refractivity contribution in [3.05, 3.63) is 16.1 Å². The fraction of sp³-hybridized carbons (Fsp3) is 0.750. The average Bonchev–Trinajstić information content (AvgIpc) is 2.90. The van der Waals surface area contributed by atoms with Crippen molar-refractivity contribution in [1.29, 1.82) is 0 Å². The molecule has 0 spiro atoms. The number of aliphatic hydroxyl groups excluding tert-OH is 1. The number of rotatable bonds is 6. The van der Waals surface area contributed by atoms with Crippen LogP contribution < -0.4 is 10.6 Å². The molecule has 0 saturated heterocycles. The Morgan fingerprint density at radius 1 is 1.50 bits per heavy atom. The highest BCUT2D eigenvalue weighted by Gasteiger charge is 2.35. The fourth-order valence-corrected chi connectivity index (χ4v) is 3.71. The second-order valence-electron chi connectivity index (χ2n) is 6.51. The summed E-state index contributed by atoms with van der Waals surface area (Å²) in [6.07, 6.45) is 5.50. The predicted octanol–water partition coefficient (Wildman–Crippen LogP) is 2.62. The molecule has 0 aliphatic heterocycles. The lowest BCUT2D eigenvalue weighted by molar-refractivity contribution is 0.00309. The molecule has 6 heteroatoms. The largest absolute Gasteiger partial charge is 0.392 e. The van der Waals surface area contributed by atoms with Crippen LogP contribution in [0.25, 0.3) is 0 Å². The summed E-state index contributed by atoms with van der Waals surface area (Å²) in [4.78, 5) is 16.2. The van der Waals surface area contributed by atoms with Gasteiger partial charge in [-0.15, -0.1) is 11.3 Å². The number of aryl methyl sites for hydroxylation is 2. The van der Waals surface area contributed by atoms with Gasteiger partial charge in [0.25, 0.3) is 0 Å². The SMILES string of the molecule is Cc1csc(CCCNC(=O)NCC2(C)CCCCC2O)n1. The number of carbonyl (C=O) groups is 1. The molecule has 1 aliphatic carbocycles. The Labute approximate surface area is 136 Å². The molecular weight excluding hydrogens is 298 g/mol. The molecule has 2 atom stereocenters. The number of aliphatic hydroxyl groups is 1. The van der Waals surface area contributed by atoms with Gasteiger partial charge in [-0.3, -0.25) is 0 Å². The van der Waals surface area contributed by atoms with Gasteiger partial charge in [-0.05, 0) is 26.2 Å². The van der Waals surface area contributed by atoms with Crippen LogP contribution in [0.15, 0.2) is 5.38 Å². The lowest BCUT2D eigenvalue weighted by Gasteiger charge is -2.38. The van der Waals surface area contributed by atoms with Crippen LogP contribution in [0.4, 0.5) is 4.79 Å². The maximum absolute atomic E-state index is 11.8. The molecule has 1 aliphatic rings. The first-order chi connectivity index (χ1) is 10.5. The Bertz CT molecular complexity index is 491. The molecule has 0 aromatic carbocycles. The summed E-state index contributed by atoms with van der Waals surface area (Å²) in [6.45, 7) is 5.23. The van der Waals surface area contributed by atoms with Crippen LogP contribution in [-0.4, -0.2) is 35.3 Å². The molecule has 0 bridgehead atoms. The van der Waals surface area contributed by atoms with Gasteiger partial charge >= 0.3 is 6.03 Å². The van der Waals surface area contributed by atoms with Crippen molar-refractivity contribution in [3.8, 4) is 0 Å². The zero-order valence-electron chi connectivity index (χ0n) is 13.5. The van der Waals surface area contributed by atoms with E-state index in [-0.39, 0.29) is 17.6 Å². The Kier molecular flexibility index (Phi) is 6.20. The third-order valence-corrected chi connectivity index (χ3v) is 5.48. The topological polar surface area (TPSA) is 74.2 Å². The zero-order valence-corrected chi connectivity index (χ0v) is 14.3. The van der Waals surface area contributed by atoms with Gasteiger partial charge in [0, 0.05) is 36.0 Å². The number of urea groups is 1. The number of hydrogen-bond donors (Lipinski definition) is 3. The number of hydrogen-bond acceptors (Lipinski definition) is 4. The van der Waals surface area contributed by atoms with E-state index in [1.165, 1.54) is 0 Å². The van der Waals surface area contributed by atoms with Crippen LogP contribution in [0.3, 0.4) is 0 Å². The van der Waals surface area contributed by atoms with Gasteiger partial charge in [0.2, 0.25) is 0 Å². The molecule has 22 heavy (non-hydrogen) atoms. The first kappa shape index (κ1) is 17.2. The molecule has 1 aromatic rings. The third-order valence-electron chi connectivity index (χ3n) is 4.45. The minimum absolute atomic E-state index is 0.144. The highest BCUT2D eigenvalue weighted by atomic mass is 32.1. The summed E-state index contributed by atoms with van der Waals surface area (Å²) in [7, 11) is 0. The van der Waals surface area contributed by atoms with E-state index in [9.17, 15) is 9.90 Å². The maximum atomic E-state index is 11.8. The first-order valence-electron chi connectivity index (χ1n) is 8.10. The van der Waals surface area contributed by atoms with Crippen molar-refractivity contribution in [2.24, 2.45) is 5.41 Å². The lowest BCUT2D eigenvalue weighted by Crippen LogP contribution is -2.47. The average molecular weight is 325 g/mol. The Balaban J connectivity index is 1.61. The van der Waals surface area contributed by atoms with Crippen LogP contribution in [0.1, 0.15) is 49.7 Å². The van der Waals surface area contributed by atoms with E-state index < -0.39 is 0 Å². The van der Waals surface area contributed by atoms with Gasteiger partial charge < -0.3 is 15.7 Å². The molecule has 1 fully saturated rings. The van der Waals surface area contributed by atoms with Gasteiger partial charge in [-0.1, -0.05) is 19.8 Å². The van der Waals surface area contributed by atoms with Crippen molar-refractivity contribution < 1.29 is 9.90 Å². The van der Waals surface area contributed by atoms with E-state index in [0.717, 1.165) is 49.2 Å². The van der Waals surface area contributed by atoms with E-state index in [4.69, 9.17) is 0 Å². The Morgan fingerprint density at radius 2 is 2.32 bits per heavy atom. The van der Waals surface area contributed by atoms with Crippen LogP contribution in [-0.2, 0) is 6.42 Å². The molecule has 124 valence electrons. The van der Waals surface area contributed by atoms with Gasteiger partial charge in [-0.25, -0.2) is 9.78 Å². The van der Waals surface area contributed by atoms with Crippen LogP contribution in [0.2, 0.25) is 0 Å². The second-order valence-corrected chi connectivity index (χ2v) is 7.45. The highest BCUT2D eigenvalue weighted by molar-refractivity contribution is 7.09. The van der Waals surface area contributed by atoms with E-state index in [0.29, 0.717) is 13.1 Å². The lowest BCUT2D eigenvalue weighted by atomic mass is 9.73. The summed E-state index contributed by atoms with van der Waals surface area (Å²) < 4.78 is 0. The van der Waals surface area contributed by atoms with Crippen molar-refractivity contribution in [3.63, 3.8) is 0 Å². The molecule has 0 radical (unpaired) electrons. The second kappa shape index (κ2) is 7.92. The maximum Gasteiger partial charge on any atom is 0.314 e. The number of aromatic nitrogens is 1. The standard InChI is InChI=1S/C16H27N3O2S/c1-12-10-22-14(19-12)7-5-9-17-15(21)18-11-16(2)8-4-3-6-13(16)20/h10,13,20H,3-9,11H2,1-2H3,(H2,17,18,21). The summed E-state index contributed by atoms with van der Waals surface area (Å²) in [5.74, 6) is 0. The van der Waals surface area contributed by atoms with Gasteiger partial charge in [0.05, 0.1) is 11.1 Å². The number of thiazole rings is 1. The van der Waals surface area contributed by atoms with Crippen molar-refractivity contribution in [2.45, 2.75) is 58.5 Å². The normalized spacial score (nSPS) is 25.0. The number of amides is 2. The molecule has 3 N–H and O–H groups in total. The smallest absolute Gasteiger partial charge is 0.314 e. The van der Waals surface area contributed by atoms with Crippen molar-refractivity contribution in [1.82, 2.24) is 15.6 Å². The molecule has 1 heterocycles. The molecule has 5 nitrogen and oxygen atoms in total. The van der Waals surface area contributed by atoms with E-state index in [2.05, 4.69) is 22.5 Å². The number of carbonyl (C=O) groups excluding carboxylic acids is 1. The number of nitrogens with one attached hydrogen (secondary N) is 2. The fourth-order valence-electron chi connectivity index (χ4n) is 2.89. The van der Waals surface area contributed by atoms with Crippen LogP contribution >= 0.6 is 11.3 Å². The molecule has 1 saturated carbocycles. The van der Waals surface area contributed by atoms with Gasteiger partial charge in [0.15, 0.2) is 0 Å². The van der Waals surface area contributed by atoms with E-state index >= 15 is 0 Å². The monoisotopic (exact) mass is 325 g/mol.